The van der Waals surface area contributed by atoms with Gasteiger partial charge in [0, 0.05) is 10.6 Å². The van der Waals surface area contributed by atoms with Crippen LogP contribution in [0.1, 0.15) is 104 Å². The smallest absolute Gasteiger partial charge is 0.0111 e. The Balaban J connectivity index is 3.69. The number of unbranched alkanes of at least 4 members (excludes halogenated alkanes) is 11. The number of allylic oxidation sites excluding steroid dienone is 2. The van der Waals surface area contributed by atoms with Crippen LogP contribution in [0.3, 0.4) is 0 Å². The molecule has 0 aromatic heterocycles. The van der Waals surface area contributed by atoms with Crippen molar-refractivity contribution in [3.63, 3.8) is 0 Å². The highest BCUT2D eigenvalue weighted by Gasteiger charge is 1.96. The molecule has 0 aromatic rings. The normalized spacial score (nSPS) is 11.4. The average Bonchev–Trinajstić information content (AvgIpc) is 2.49. The molecule has 0 bridgehead atoms. The lowest BCUT2D eigenvalue weighted by molar-refractivity contribution is 0.600. The van der Waals surface area contributed by atoms with E-state index in [-0.39, 0.29) is 0 Å². The fourth-order valence-corrected chi connectivity index (χ4v) is 2.53. The van der Waals surface area contributed by atoms with Crippen LogP contribution in [0.15, 0.2) is 16.9 Å². The van der Waals surface area contributed by atoms with E-state index in [4.69, 9.17) is 5.53 Å². The van der Waals surface area contributed by atoms with Crippen LogP contribution < -0.4 is 0 Å². The maximum atomic E-state index is 8.63. The predicted molar refractivity (Wildman–Crippen MR) is 93.2 cm³/mol. The number of azide groups is 1. The van der Waals surface area contributed by atoms with Crippen molar-refractivity contribution in [2.45, 2.75) is 104 Å². The van der Waals surface area contributed by atoms with Crippen molar-refractivity contribution in [2.75, 3.05) is 0 Å². The first-order chi connectivity index (χ1) is 10.3. The largest absolute Gasteiger partial charge is 0.0790 e. The Hall–Kier alpha value is -0.950. The minimum absolute atomic E-state index is 0.950. The van der Waals surface area contributed by atoms with Crippen molar-refractivity contribution in [1.29, 1.82) is 0 Å². The van der Waals surface area contributed by atoms with E-state index < -0.39 is 0 Å². The second-order valence-electron chi connectivity index (χ2n) is 5.96. The van der Waals surface area contributed by atoms with Gasteiger partial charge in [0.25, 0.3) is 0 Å². The maximum absolute atomic E-state index is 8.63. The Labute approximate surface area is 131 Å². The summed E-state index contributed by atoms with van der Waals surface area (Å²) < 4.78 is 0. The first-order valence-electron chi connectivity index (χ1n) is 9.09. The van der Waals surface area contributed by atoms with E-state index in [1.54, 1.807) is 0 Å². The van der Waals surface area contributed by atoms with Crippen LogP contribution in [0, 0.1) is 0 Å². The molecule has 0 atom stereocenters. The third-order valence-corrected chi connectivity index (χ3v) is 3.90. The molecule has 3 nitrogen and oxygen atoms in total. The highest BCUT2D eigenvalue weighted by molar-refractivity contribution is 4.99. The topological polar surface area (TPSA) is 48.8 Å². The first kappa shape index (κ1) is 20.1. The van der Waals surface area contributed by atoms with Crippen LogP contribution in [0.5, 0.6) is 0 Å². The molecule has 0 aliphatic heterocycles. The molecule has 0 fully saturated rings. The molecular weight excluding hydrogens is 258 g/mol. The van der Waals surface area contributed by atoms with E-state index in [1.807, 2.05) is 0 Å². The fraction of sp³-hybridized carbons (Fsp3) is 0.889. The number of nitrogens with zero attached hydrogens (tertiary/aromatic N) is 3. The van der Waals surface area contributed by atoms with Gasteiger partial charge in [0.1, 0.15) is 0 Å². The molecule has 122 valence electrons. The summed E-state index contributed by atoms with van der Waals surface area (Å²) in [5.41, 5.74) is 9.59. The monoisotopic (exact) mass is 293 g/mol. The number of hydrogen-bond acceptors (Lipinski definition) is 1. The van der Waals surface area contributed by atoms with Gasteiger partial charge in [0.05, 0.1) is 0 Å². The lowest BCUT2D eigenvalue weighted by Crippen LogP contribution is -1.84. The summed E-state index contributed by atoms with van der Waals surface area (Å²) in [5.74, 6) is 0. The molecule has 0 radical (unpaired) electrons. The summed E-state index contributed by atoms with van der Waals surface area (Å²) in [7, 11) is 0. The van der Waals surface area contributed by atoms with Crippen molar-refractivity contribution in [3.8, 4) is 0 Å². The molecule has 0 rings (SSSR count). The molecule has 0 N–H and O–H groups in total. The minimum Gasteiger partial charge on any atom is -0.0790 e. The third kappa shape index (κ3) is 15.3. The molecule has 0 amide bonds. The van der Waals surface area contributed by atoms with Crippen LogP contribution in [-0.4, -0.2) is 0 Å². The summed E-state index contributed by atoms with van der Waals surface area (Å²) in [6, 6.07) is 0. The van der Waals surface area contributed by atoms with Gasteiger partial charge in [-0.25, -0.2) is 0 Å². The van der Waals surface area contributed by atoms with Gasteiger partial charge in [-0.2, -0.15) is 0 Å². The molecule has 0 aromatic carbocycles. The molecule has 0 aliphatic carbocycles. The second kappa shape index (κ2) is 17.1. The molecule has 0 unspecified atom stereocenters. The number of rotatable bonds is 15. The van der Waals surface area contributed by atoms with E-state index in [9.17, 15) is 0 Å². The zero-order valence-electron chi connectivity index (χ0n) is 14.3. The van der Waals surface area contributed by atoms with E-state index >= 15 is 0 Å². The SMILES string of the molecule is CCCCCCCC/C=C(\CCCCCCCC)N=[N+]=[N-]. The number of hydrogen-bond donors (Lipinski definition) is 0. The Morgan fingerprint density at radius 3 is 1.90 bits per heavy atom. The zero-order chi connectivity index (χ0) is 15.6. The lowest BCUT2D eigenvalue weighted by atomic mass is 10.1. The van der Waals surface area contributed by atoms with Gasteiger partial charge in [-0.1, -0.05) is 89.2 Å². The quantitative estimate of drug-likeness (QED) is 0.129. The summed E-state index contributed by atoms with van der Waals surface area (Å²) in [6.45, 7) is 4.49. The highest BCUT2D eigenvalue weighted by Crippen LogP contribution is 2.15. The molecule has 0 saturated carbocycles. The van der Waals surface area contributed by atoms with Crippen molar-refractivity contribution < 1.29 is 0 Å². The van der Waals surface area contributed by atoms with Gasteiger partial charge in [-0.15, -0.1) is 0 Å². The van der Waals surface area contributed by atoms with Gasteiger partial charge < -0.3 is 0 Å². The van der Waals surface area contributed by atoms with Gasteiger partial charge >= 0.3 is 0 Å². The van der Waals surface area contributed by atoms with Crippen LogP contribution >= 0.6 is 0 Å². The Kier molecular flexibility index (Phi) is 16.3. The molecule has 0 heterocycles. The summed E-state index contributed by atoms with van der Waals surface area (Å²) >= 11 is 0. The highest BCUT2D eigenvalue weighted by atomic mass is 15.1. The molecule has 0 spiro atoms. The Bertz CT molecular complexity index is 291. The maximum Gasteiger partial charge on any atom is 0.0111 e. The molecule has 0 saturated heterocycles. The van der Waals surface area contributed by atoms with Crippen LogP contribution in [0.25, 0.3) is 10.4 Å². The minimum atomic E-state index is 0.950. The molecular formula is C18H35N3. The second-order valence-corrected chi connectivity index (χ2v) is 5.96. The Morgan fingerprint density at radius 1 is 0.810 bits per heavy atom. The molecule has 21 heavy (non-hydrogen) atoms. The molecule has 3 heteroatoms. The third-order valence-electron chi connectivity index (χ3n) is 3.90. The summed E-state index contributed by atoms with van der Waals surface area (Å²) in [6.07, 6.45) is 19.8. The van der Waals surface area contributed by atoms with E-state index in [1.165, 1.54) is 70.6 Å². The van der Waals surface area contributed by atoms with Crippen LogP contribution in [0.4, 0.5) is 0 Å². The molecule has 0 aliphatic rings. The predicted octanol–water partition coefficient (Wildman–Crippen LogP) is 7.68. The van der Waals surface area contributed by atoms with E-state index in [0.717, 1.165) is 25.0 Å². The van der Waals surface area contributed by atoms with Crippen molar-refractivity contribution in [3.05, 3.63) is 22.2 Å². The van der Waals surface area contributed by atoms with Crippen LogP contribution in [-0.2, 0) is 0 Å². The fourth-order valence-electron chi connectivity index (χ4n) is 2.53. The van der Waals surface area contributed by atoms with Gasteiger partial charge in [-0.3, -0.25) is 0 Å². The Morgan fingerprint density at radius 2 is 1.33 bits per heavy atom. The first-order valence-corrected chi connectivity index (χ1v) is 9.09. The van der Waals surface area contributed by atoms with Gasteiger partial charge in [-0.05, 0) is 31.2 Å². The van der Waals surface area contributed by atoms with Crippen molar-refractivity contribution >= 4 is 0 Å². The van der Waals surface area contributed by atoms with Crippen LogP contribution in [0.2, 0.25) is 0 Å². The van der Waals surface area contributed by atoms with E-state index in [0.29, 0.717) is 0 Å². The van der Waals surface area contributed by atoms with Crippen molar-refractivity contribution in [2.24, 2.45) is 5.11 Å². The van der Waals surface area contributed by atoms with E-state index in [2.05, 4.69) is 29.9 Å². The summed E-state index contributed by atoms with van der Waals surface area (Å²) in [5, 5.41) is 3.85. The van der Waals surface area contributed by atoms with Crippen molar-refractivity contribution in [1.82, 2.24) is 0 Å². The lowest BCUT2D eigenvalue weighted by Gasteiger charge is -2.03. The standard InChI is InChI=1S/C18H35N3/c1-3-5-7-9-11-13-15-17-18(20-21-19)16-14-12-10-8-6-4-2/h17H,3-16H2,1-2H3/b18-17+. The van der Waals surface area contributed by atoms with Gasteiger partial charge in [0.15, 0.2) is 0 Å². The summed E-state index contributed by atoms with van der Waals surface area (Å²) in [4.78, 5) is 2.96. The zero-order valence-corrected chi connectivity index (χ0v) is 14.3. The average molecular weight is 293 g/mol. The van der Waals surface area contributed by atoms with Gasteiger partial charge in [0.2, 0.25) is 0 Å².